The molecule has 0 radical (unpaired) electrons. The molecular formula is C24H23FN4O3S3. The molecule has 35 heavy (non-hydrogen) atoms. The quantitative estimate of drug-likeness (QED) is 0.147. The van der Waals surface area contributed by atoms with E-state index in [1.165, 1.54) is 16.7 Å². The molecule has 2 aromatic heterocycles. The number of fused-ring (bicyclic) bond motifs is 1. The summed E-state index contributed by atoms with van der Waals surface area (Å²) in [6.45, 7) is 2.96. The summed E-state index contributed by atoms with van der Waals surface area (Å²) in [6, 6.07) is 13.6. The van der Waals surface area contributed by atoms with Gasteiger partial charge >= 0.3 is 0 Å². The fourth-order valence-corrected chi connectivity index (χ4v) is 5.65. The first kappa shape index (κ1) is 25.2. The molecule has 1 N–H and O–H groups in total. The van der Waals surface area contributed by atoms with Crippen LogP contribution in [0.2, 0.25) is 0 Å². The third-order valence-electron chi connectivity index (χ3n) is 5.21. The van der Waals surface area contributed by atoms with Gasteiger partial charge in [0.2, 0.25) is 5.91 Å². The average molecular weight is 531 g/mol. The van der Waals surface area contributed by atoms with Gasteiger partial charge in [0.1, 0.15) is 10.5 Å². The van der Waals surface area contributed by atoms with Crippen molar-refractivity contribution in [1.82, 2.24) is 19.4 Å². The molecule has 0 aliphatic carbocycles. The van der Waals surface area contributed by atoms with Crippen LogP contribution in [0.5, 0.6) is 0 Å². The van der Waals surface area contributed by atoms with Crippen LogP contribution >= 0.6 is 35.3 Å². The SMILES string of the molecule is COCCCNC(=O)CSc1nc2c(sc(=S)n2-c2ccccc2C)c(=O)n1-c1ccccc1F. The fraction of sp³-hybridized carbons (Fsp3) is 0.250. The van der Waals surface area contributed by atoms with Gasteiger partial charge in [0.15, 0.2) is 14.8 Å². The summed E-state index contributed by atoms with van der Waals surface area (Å²) in [5.41, 5.74) is 1.79. The zero-order valence-corrected chi connectivity index (χ0v) is 21.6. The van der Waals surface area contributed by atoms with Crippen LogP contribution in [0.15, 0.2) is 58.5 Å². The van der Waals surface area contributed by atoms with Crippen LogP contribution in [0.3, 0.4) is 0 Å². The van der Waals surface area contributed by atoms with E-state index in [0.29, 0.717) is 33.9 Å². The van der Waals surface area contributed by atoms with E-state index in [2.05, 4.69) is 5.32 Å². The van der Waals surface area contributed by atoms with Crippen LogP contribution < -0.4 is 10.9 Å². The van der Waals surface area contributed by atoms with Crippen molar-refractivity contribution in [3.05, 3.63) is 74.2 Å². The summed E-state index contributed by atoms with van der Waals surface area (Å²) in [4.78, 5) is 30.8. The number of thiazole rings is 1. The lowest BCUT2D eigenvalue weighted by Crippen LogP contribution is -2.28. The summed E-state index contributed by atoms with van der Waals surface area (Å²) in [5.74, 6) is -0.778. The van der Waals surface area contributed by atoms with Gasteiger partial charge in [0.25, 0.3) is 5.56 Å². The average Bonchev–Trinajstić information content (AvgIpc) is 3.17. The standard InChI is InChI=1S/C24H23FN4O3S3/c1-15-8-3-5-10-17(15)28-21-20(35-24(28)33)22(31)29(18-11-6-4-9-16(18)25)23(27-21)34-14-19(30)26-12-7-13-32-2/h3-6,8-11H,7,12-14H2,1-2H3,(H,26,30). The number of carbonyl (C=O) groups is 1. The first-order valence-corrected chi connectivity index (χ1v) is 13.0. The van der Waals surface area contributed by atoms with Crippen molar-refractivity contribution in [2.24, 2.45) is 0 Å². The number of para-hydroxylation sites is 2. The van der Waals surface area contributed by atoms with Gasteiger partial charge in [-0.15, -0.1) is 0 Å². The Morgan fingerprint density at radius 1 is 1.17 bits per heavy atom. The summed E-state index contributed by atoms with van der Waals surface area (Å²) in [5, 5.41) is 3.01. The third-order valence-corrected chi connectivity index (χ3v) is 7.50. The second-order valence-corrected chi connectivity index (χ2v) is 10.2. The minimum absolute atomic E-state index is 0.00855. The predicted octanol–water partition coefficient (Wildman–Crippen LogP) is 4.66. The molecule has 0 bridgehead atoms. The minimum Gasteiger partial charge on any atom is -0.385 e. The van der Waals surface area contributed by atoms with Crippen LogP contribution in [-0.4, -0.2) is 46.0 Å². The first-order valence-electron chi connectivity index (χ1n) is 10.8. The van der Waals surface area contributed by atoms with Crippen molar-refractivity contribution in [2.45, 2.75) is 18.5 Å². The molecule has 0 saturated carbocycles. The summed E-state index contributed by atoms with van der Waals surface area (Å²) >= 11 is 7.80. The Bertz CT molecular complexity index is 1500. The molecule has 182 valence electrons. The Balaban J connectivity index is 1.83. The number of ether oxygens (including phenoxy) is 1. The highest BCUT2D eigenvalue weighted by Crippen LogP contribution is 2.29. The fourth-order valence-electron chi connectivity index (χ4n) is 3.53. The molecule has 1 amide bonds. The number of methoxy groups -OCH3 is 1. The summed E-state index contributed by atoms with van der Waals surface area (Å²) in [7, 11) is 1.60. The minimum atomic E-state index is -0.566. The van der Waals surface area contributed by atoms with Crippen LogP contribution in [0, 0.1) is 16.7 Å². The van der Waals surface area contributed by atoms with Crippen molar-refractivity contribution in [3.8, 4) is 11.4 Å². The van der Waals surface area contributed by atoms with E-state index in [-0.39, 0.29) is 22.5 Å². The number of thioether (sulfide) groups is 1. The predicted molar refractivity (Wildman–Crippen MR) is 140 cm³/mol. The molecule has 2 heterocycles. The molecule has 0 aliphatic heterocycles. The van der Waals surface area contributed by atoms with E-state index in [1.807, 2.05) is 31.2 Å². The smallest absolute Gasteiger partial charge is 0.278 e. The molecule has 0 spiro atoms. The second-order valence-electron chi connectivity index (χ2n) is 7.61. The lowest BCUT2D eigenvalue weighted by molar-refractivity contribution is -0.118. The number of aromatic nitrogens is 3. The van der Waals surface area contributed by atoms with Crippen molar-refractivity contribution < 1.29 is 13.9 Å². The van der Waals surface area contributed by atoms with Gasteiger partial charge in [-0.3, -0.25) is 18.7 Å². The molecule has 0 atom stereocenters. The first-order chi connectivity index (χ1) is 16.9. The zero-order chi connectivity index (χ0) is 24.9. The number of benzene rings is 2. The van der Waals surface area contributed by atoms with E-state index in [9.17, 15) is 14.0 Å². The number of amides is 1. The topological polar surface area (TPSA) is 78.2 Å². The maximum absolute atomic E-state index is 14.8. The third kappa shape index (κ3) is 5.37. The number of nitrogens with zero attached hydrogens (tertiary/aromatic N) is 3. The van der Waals surface area contributed by atoms with E-state index < -0.39 is 11.4 Å². The van der Waals surface area contributed by atoms with Crippen LogP contribution in [0.25, 0.3) is 21.7 Å². The van der Waals surface area contributed by atoms with Crippen molar-refractivity contribution in [1.29, 1.82) is 0 Å². The molecule has 4 aromatic rings. The molecule has 0 fully saturated rings. The number of halogens is 1. The monoisotopic (exact) mass is 530 g/mol. The Kier molecular flexibility index (Phi) is 8.11. The maximum atomic E-state index is 14.8. The highest BCUT2D eigenvalue weighted by molar-refractivity contribution is 7.99. The molecule has 7 nitrogen and oxygen atoms in total. The largest absolute Gasteiger partial charge is 0.385 e. The number of nitrogens with one attached hydrogen (secondary N) is 1. The van der Waals surface area contributed by atoms with E-state index in [1.54, 1.807) is 23.8 Å². The second kappa shape index (κ2) is 11.3. The molecule has 0 saturated heterocycles. The Morgan fingerprint density at radius 2 is 1.89 bits per heavy atom. The molecule has 0 aliphatic rings. The van der Waals surface area contributed by atoms with Gasteiger partial charge in [0, 0.05) is 20.3 Å². The van der Waals surface area contributed by atoms with Crippen molar-refractivity contribution in [3.63, 3.8) is 0 Å². The molecule has 4 rings (SSSR count). The van der Waals surface area contributed by atoms with Crippen LogP contribution in [0.1, 0.15) is 12.0 Å². The van der Waals surface area contributed by atoms with Crippen LogP contribution in [-0.2, 0) is 9.53 Å². The normalized spacial score (nSPS) is 11.2. The van der Waals surface area contributed by atoms with Crippen molar-refractivity contribution >= 4 is 51.6 Å². The van der Waals surface area contributed by atoms with Crippen molar-refractivity contribution in [2.75, 3.05) is 26.0 Å². The Morgan fingerprint density at radius 3 is 2.60 bits per heavy atom. The highest BCUT2D eigenvalue weighted by atomic mass is 32.2. The van der Waals surface area contributed by atoms with Gasteiger partial charge in [-0.25, -0.2) is 9.37 Å². The number of rotatable bonds is 9. The number of carbonyl (C=O) groups excluding carboxylic acids is 1. The van der Waals surface area contributed by atoms with E-state index in [4.69, 9.17) is 21.9 Å². The van der Waals surface area contributed by atoms with Gasteiger partial charge < -0.3 is 10.1 Å². The highest BCUT2D eigenvalue weighted by Gasteiger charge is 2.21. The summed E-state index contributed by atoms with van der Waals surface area (Å²) in [6.07, 6.45) is 0.685. The van der Waals surface area contributed by atoms with E-state index >= 15 is 0 Å². The number of aryl methyl sites for hydroxylation is 1. The van der Waals surface area contributed by atoms with Gasteiger partial charge in [-0.2, -0.15) is 0 Å². The van der Waals surface area contributed by atoms with E-state index in [0.717, 1.165) is 34.3 Å². The Hall–Kier alpha value is -2.86. The van der Waals surface area contributed by atoms with Gasteiger partial charge in [-0.05, 0) is 49.3 Å². The molecule has 11 heteroatoms. The molecule has 2 aromatic carbocycles. The molecular weight excluding hydrogens is 507 g/mol. The van der Waals surface area contributed by atoms with Gasteiger partial charge in [0.05, 0.1) is 17.1 Å². The lowest BCUT2D eigenvalue weighted by Gasteiger charge is -2.14. The maximum Gasteiger partial charge on any atom is 0.278 e. The molecule has 0 unspecified atom stereocenters. The van der Waals surface area contributed by atoms with Gasteiger partial charge in [-0.1, -0.05) is 53.4 Å². The number of hydrogen-bond acceptors (Lipinski definition) is 7. The Labute approximate surface area is 214 Å². The van der Waals surface area contributed by atoms with Crippen LogP contribution in [0.4, 0.5) is 4.39 Å². The number of hydrogen-bond donors (Lipinski definition) is 1. The zero-order valence-electron chi connectivity index (χ0n) is 19.1. The lowest BCUT2D eigenvalue weighted by atomic mass is 10.2. The summed E-state index contributed by atoms with van der Waals surface area (Å²) < 4.78 is 23.5.